The Bertz CT molecular complexity index is 1650. The number of hydrogen-bond acceptors (Lipinski definition) is 7. The van der Waals surface area contributed by atoms with Crippen molar-refractivity contribution >= 4 is 52.5 Å². The predicted molar refractivity (Wildman–Crippen MR) is 174 cm³/mol. The predicted octanol–water partition coefficient (Wildman–Crippen LogP) is 8.30. The largest absolute Gasteiger partial charge is 0.493 e. The third-order valence-electron chi connectivity index (χ3n) is 7.02. The average molecular weight is 639 g/mol. The summed E-state index contributed by atoms with van der Waals surface area (Å²) in [6.07, 6.45) is 2.15. The Morgan fingerprint density at radius 3 is 2.56 bits per heavy atom. The number of carbonyl (C=O) groups excluding carboxylic acids is 1. The fourth-order valence-corrected chi connectivity index (χ4v) is 6.24. The smallest absolute Gasteiger partial charge is 0.255 e. The molecule has 1 aliphatic rings. The molecule has 1 amide bonds. The van der Waals surface area contributed by atoms with Crippen LogP contribution in [0.1, 0.15) is 49.4 Å². The maximum atomic E-state index is 13.9. The number of aryl methyl sites for hydroxylation is 1. The molecule has 2 N–H and O–H groups in total. The Kier molecular flexibility index (Phi) is 9.85. The molecule has 0 fully saturated rings. The number of nitrogens with one attached hydrogen (secondary N) is 2. The first-order valence-corrected chi connectivity index (χ1v) is 15.7. The maximum absolute atomic E-state index is 13.9. The molecule has 0 radical (unpaired) electrons. The summed E-state index contributed by atoms with van der Waals surface area (Å²) in [4.78, 5) is 18.6. The minimum Gasteiger partial charge on any atom is -0.493 e. The normalized spacial score (nSPS) is 14.2. The van der Waals surface area contributed by atoms with Gasteiger partial charge in [0, 0.05) is 32.7 Å². The number of nitrogens with zero attached hydrogens (tertiary/aromatic N) is 3. The molecule has 3 aromatic carbocycles. The van der Waals surface area contributed by atoms with Gasteiger partial charge in [-0.25, -0.2) is 4.68 Å². The molecular formula is C32H33Cl2N5O3S. The van der Waals surface area contributed by atoms with Crippen LogP contribution in [-0.2, 0) is 11.4 Å². The fourth-order valence-electron chi connectivity index (χ4n) is 4.82. The van der Waals surface area contributed by atoms with Gasteiger partial charge in [0.15, 0.2) is 11.5 Å². The van der Waals surface area contributed by atoms with E-state index in [2.05, 4.69) is 17.6 Å². The van der Waals surface area contributed by atoms with Crippen LogP contribution >= 0.6 is 35.0 Å². The molecule has 4 aromatic rings. The van der Waals surface area contributed by atoms with E-state index in [1.54, 1.807) is 41.8 Å². The molecule has 0 bridgehead atoms. The van der Waals surface area contributed by atoms with Crippen LogP contribution in [0.2, 0.25) is 10.0 Å². The first-order chi connectivity index (χ1) is 20.8. The SMILES string of the molecule is CCCCSc1nc2n(n1)C(c1ccc(OCc3c(Cl)cccc3Cl)c(OC)c1)C(C(=O)Nc1cccc(C)c1)=C(C)N2. The number of aromatic nitrogens is 3. The van der Waals surface area contributed by atoms with Crippen molar-refractivity contribution in [3.63, 3.8) is 0 Å². The van der Waals surface area contributed by atoms with Crippen molar-refractivity contribution in [2.45, 2.75) is 51.4 Å². The maximum Gasteiger partial charge on any atom is 0.255 e. The van der Waals surface area contributed by atoms with E-state index in [0.29, 0.717) is 55.2 Å². The zero-order valence-electron chi connectivity index (χ0n) is 24.4. The molecule has 1 aromatic heterocycles. The fraction of sp³-hybridized carbons (Fsp3) is 0.281. The van der Waals surface area contributed by atoms with Gasteiger partial charge in [0.25, 0.3) is 5.91 Å². The summed E-state index contributed by atoms with van der Waals surface area (Å²) < 4.78 is 13.6. The Balaban J connectivity index is 1.51. The first kappa shape index (κ1) is 30.8. The summed E-state index contributed by atoms with van der Waals surface area (Å²) in [6, 6.07) is 18.0. The van der Waals surface area contributed by atoms with Crippen molar-refractivity contribution in [2.24, 2.45) is 0 Å². The van der Waals surface area contributed by atoms with Gasteiger partial charge >= 0.3 is 0 Å². The number of rotatable bonds is 11. The second-order valence-electron chi connectivity index (χ2n) is 10.2. The molecule has 5 rings (SSSR count). The lowest BCUT2D eigenvalue weighted by Gasteiger charge is -2.29. The number of benzene rings is 3. The summed E-state index contributed by atoms with van der Waals surface area (Å²) >= 11 is 14.3. The van der Waals surface area contributed by atoms with Crippen molar-refractivity contribution in [1.82, 2.24) is 14.8 Å². The molecule has 1 unspecified atom stereocenters. The van der Waals surface area contributed by atoms with Gasteiger partial charge in [0.2, 0.25) is 11.1 Å². The highest BCUT2D eigenvalue weighted by molar-refractivity contribution is 7.99. The Hall–Kier alpha value is -3.66. The highest BCUT2D eigenvalue weighted by Crippen LogP contribution is 2.40. The van der Waals surface area contributed by atoms with Gasteiger partial charge < -0.3 is 20.1 Å². The van der Waals surface area contributed by atoms with E-state index >= 15 is 0 Å². The number of thioether (sulfide) groups is 1. The molecule has 1 atom stereocenters. The number of amides is 1. The Morgan fingerprint density at radius 2 is 1.84 bits per heavy atom. The summed E-state index contributed by atoms with van der Waals surface area (Å²) in [5.41, 5.74) is 4.43. The summed E-state index contributed by atoms with van der Waals surface area (Å²) in [5, 5.41) is 12.9. The van der Waals surface area contributed by atoms with Gasteiger partial charge in [0.1, 0.15) is 12.6 Å². The van der Waals surface area contributed by atoms with E-state index in [1.807, 2.05) is 56.3 Å². The number of anilines is 2. The average Bonchev–Trinajstić information content (AvgIpc) is 3.38. The van der Waals surface area contributed by atoms with E-state index in [-0.39, 0.29) is 12.5 Å². The molecule has 1 aliphatic heterocycles. The van der Waals surface area contributed by atoms with Gasteiger partial charge in [-0.3, -0.25) is 4.79 Å². The summed E-state index contributed by atoms with van der Waals surface area (Å²) in [5.74, 6) is 2.25. The van der Waals surface area contributed by atoms with Crippen LogP contribution in [0.4, 0.5) is 11.6 Å². The molecule has 8 nitrogen and oxygen atoms in total. The topological polar surface area (TPSA) is 90.3 Å². The lowest BCUT2D eigenvalue weighted by Crippen LogP contribution is -2.31. The summed E-state index contributed by atoms with van der Waals surface area (Å²) in [6.45, 7) is 6.18. The zero-order valence-corrected chi connectivity index (χ0v) is 26.7. The minimum atomic E-state index is -0.574. The van der Waals surface area contributed by atoms with Gasteiger partial charge in [-0.15, -0.1) is 5.10 Å². The van der Waals surface area contributed by atoms with Crippen LogP contribution in [0.5, 0.6) is 11.5 Å². The number of fused-ring (bicyclic) bond motifs is 1. The van der Waals surface area contributed by atoms with Gasteiger partial charge in [0.05, 0.1) is 12.7 Å². The van der Waals surface area contributed by atoms with Crippen LogP contribution in [0.15, 0.2) is 77.1 Å². The Morgan fingerprint density at radius 1 is 1.07 bits per heavy atom. The standard InChI is InChI=1S/C32H33Cl2N5O3S/c1-5-6-15-43-32-37-31-35-20(3)28(30(40)36-22-10-7-9-19(2)16-22)29(39(31)38-32)21-13-14-26(27(17-21)41-4)42-18-23-24(33)11-8-12-25(23)34/h7-14,16-17,29H,5-6,15,18H2,1-4H3,(H,36,40)(H,35,37,38). The zero-order chi connectivity index (χ0) is 30.5. The molecule has 0 spiro atoms. The van der Waals surface area contributed by atoms with Crippen molar-refractivity contribution in [3.05, 3.63) is 98.7 Å². The van der Waals surface area contributed by atoms with E-state index < -0.39 is 6.04 Å². The number of unbranched alkanes of at least 4 members (excludes halogenated alkanes) is 1. The van der Waals surface area contributed by atoms with Gasteiger partial charge in [-0.2, -0.15) is 4.98 Å². The van der Waals surface area contributed by atoms with Crippen LogP contribution in [0, 0.1) is 6.92 Å². The van der Waals surface area contributed by atoms with Crippen LogP contribution in [0.3, 0.4) is 0 Å². The minimum absolute atomic E-state index is 0.163. The highest BCUT2D eigenvalue weighted by atomic mass is 35.5. The van der Waals surface area contributed by atoms with Crippen molar-refractivity contribution < 1.29 is 14.3 Å². The van der Waals surface area contributed by atoms with Crippen molar-refractivity contribution in [1.29, 1.82) is 0 Å². The number of ether oxygens (including phenoxy) is 2. The molecule has 43 heavy (non-hydrogen) atoms. The van der Waals surface area contributed by atoms with Gasteiger partial charge in [-0.1, -0.05) is 72.6 Å². The van der Waals surface area contributed by atoms with E-state index in [9.17, 15) is 4.79 Å². The quantitative estimate of drug-likeness (QED) is 0.126. The van der Waals surface area contributed by atoms with Gasteiger partial charge in [-0.05, 0) is 67.8 Å². The van der Waals surface area contributed by atoms with Crippen molar-refractivity contribution in [3.8, 4) is 11.5 Å². The monoisotopic (exact) mass is 637 g/mol. The van der Waals surface area contributed by atoms with E-state index in [1.165, 1.54) is 0 Å². The summed E-state index contributed by atoms with van der Waals surface area (Å²) in [7, 11) is 1.58. The van der Waals surface area contributed by atoms with Crippen LogP contribution < -0.4 is 20.1 Å². The second-order valence-corrected chi connectivity index (χ2v) is 12.0. The van der Waals surface area contributed by atoms with E-state index in [4.69, 9.17) is 42.8 Å². The molecule has 224 valence electrons. The highest BCUT2D eigenvalue weighted by Gasteiger charge is 2.35. The molecule has 2 heterocycles. The van der Waals surface area contributed by atoms with Crippen LogP contribution in [0.25, 0.3) is 0 Å². The lowest BCUT2D eigenvalue weighted by molar-refractivity contribution is -0.113. The van der Waals surface area contributed by atoms with Crippen LogP contribution in [-0.4, -0.2) is 33.5 Å². The molecule has 0 aliphatic carbocycles. The number of halogens is 2. The number of carbonyl (C=O) groups is 1. The molecular weight excluding hydrogens is 605 g/mol. The lowest BCUT2D eigenvalue weighted by atomic mass is 9.94. The molecule has 0 saturated heterocycles. The van der Waals surface area contributed by atoms with E-state index in [0.717, 1.165) is 29.7 Å². The Labute approximate surface area is 265 Å². The number of allylic oxidation sites excluding steroid dienone is 1. The molecule has 0 saturated carbocycles. The third kappa shape index (κ3) is 6.95. The first-order valence-electron chi connectivity index (χ1n) is 14.0. The third-order valence-corrected chi connectivity index (χ3v) is 8.65. The van der Waals surface area contributed by atoms with Crippen molar-refractivity contribution in [2.75, 3.05) is 23.5 Å². The second kappa shape index (κ2) is 13.8. The number of methoxy groups -OCH3 is 1. The number of hydrogen-bond donors (Lipinski definition) is 2. The molecule has 11 heteroatoms.